The van der Waals surface area contributed by atoms with Crippen LogP contribution in [0.4, 0.5) is 0 Å². The summed E-state index contributed by atoms with van der Waals surface area (Å²) in [5.74, 6) is 1.48. The minimum absolute atomic E-state index is 0.331. The zero-order valence-electron chi connectivity index (χ0n) is 13.4. The van der Waals surface area contributed by atoms with Crippen LogP contribution in [-0.2, 0) is 9.47 Å². The fourth-order valence-electron chi connectivity index (χ4n) is 2.09. The molecule has 0 spiro atoms. The number of nitrogens with zero attached hydrogens (tertiary/aromatic N) is 1. The lowest BCUT2D eigenvalue weighted by atomic mass is 10.0. The van der Waals surface area contributed by atoms with Crippen molar-refractivity contribution in [2.24, 2.45) is 0 Å². The minimum atomic E-state index is 0.331. The Kier molecular flexibility index (Phi) is 6.59. The molecular formula is C16H24N2O3. The van der Waals surface area contributed by atoms with Crippen LogP contribution in [0.3, 0.4) is 0 Å². The normalized spacial score (nSPS) is 9.76. The number of hydrogen-bond donors (Lipinski definition) is 1. The van der Waals surface area contributed by atoms with Crippen molar-refractivity contribution in [3.8, 4) is 5.75 Å². The third-order valence-corrected chi connectivity index (χ3v) is 3.27. The molecule has 0 saturated carbocycles. The van der Waals surface area contributed by atoms with Crippen molar-refractivity contribution in [2.75, 3.05) is 34.4 Å². The van der Waals surface area contributed by atoms with Gasteiger partial charge in [0.25, 0.3) is 5.95 Å². The van der Waals surface area contributed by atoms with E-state index in [1.165, 1.54) is 14.2 Å². The van der Waals surface area contributed by atoms with Crippen LogP contribution < -0.4 is 4.74 Å². The van der Waals surface area contributed by atoms with E-state index in [-0.39, 0.29) is 0 Å². The van der Waals surface area contributed by atoms with Gasteiger partial charge in [0.2, 0.25) is 0 Å². The Balaban J connectivity index is 3.31. The molecule has 0 heterocycles. The maximum atomic E-state index is 8.45. The van der Waals surface area contributed by atoms with E-state index >= 15 is 0 Å². The van der Waals surface area contributed by atoms with Crippen LogP contribution in [-0.4, -0.2) is 45.2 Å². The first kappa shape index (κ1) is 16.9. The van der Waals surface area contributed by atoms with Crippen LogP contribution >= 0.6 is 0 Å². The SMILES string of the molecule is CCN(CC)C(=N)C(=C(OC)OC)c1ccc(OC)cc1. The van der Waals surface area contributed by atoms with Crippen LogP contribution in [0.15, 0.2) is 30.2 Å². The van der Waals surface area contributed by atoms with Gasteiger partial charge in [0, 0.05) is 13.1 Å². The zero-order valence-corrected chi connectivity index (χ0v) is 13.4. The number of methoxy groups -OCH3 is 3. The molecule has 1 rings (SSSR count). The summed E-state index contributed by atoms with van der Waals surface area (Å²) in [6.45, 7) is 5.53. The van der Waals surface area contributed by atoms with E-state index in [1.807, 2.05) is 43.0 Å². The molecule has 0 aliphatic heterocycles. The fourth-order valence-corrected chi connectivity index (χ4v) is 2.09. The largest absolute Gasteiger partial charge is 0.497 e. The highest BCUT2D eigenvalue weighted by atomic mass is 16.7. The van der Waals surface area contributed by atoms with E-state index in [4.69, 9.17) is 19.6 Å². The van der Waals surface area contributed by atoms with Crippen LogP contribution in [0, 0.1) is 5.41 Å². The molecule has 0 aliphatic rings. The lowest BCUT2D eigenvalue weighted by molar-refractivity contribution is 0.0985. The van der Waals surface area contributed by atoms with Gasteiger partial charge in [-0.2, -0.15) is 0 Å². The lowest BCUT2D eigenvalue weighted by Gasteiger charge is -2.24. The molecule has 0 unspecified atom stereocenters. The smallest absolute Gasteiger partial charge is 0.290 e. The monoisotopic (exact) mass is 292 g/mol. The maximum Gasteiger partial charge on any atom is 0.290 e. The summed E-state index contributed by atoms with van der Waals surface area (Å²) in [5, 5.41) is 8.45. The van der Waals surface area contributed by atoms with Gasteiger partial charge < -0.3 is 19.1 Å². The third-order valence-electron chi connectivity index (χ3n) is 3.27. The molecule has 1 N–H and O–H groups in total. The standard InChI is InChI=1S/C16H24N2O3/c1-6-18(7-2)15(17)14(16(20-4)21-5)12-8-10-13(19-3)11-9-12/h8-11,17H,6-7H2,1-5H3. The predicted molar refractivity (Wildman–Crippen MR) is 84.6 cm³/mol. The van der Waals surface area contributed by atoms with Gasteiger partial charge in [0.15, 0.2) is 0 Å². The Hall–Kier alpha value is -2.17. The summed E-state index contributed by atoms with van der Waals surface area (Å²) in [7, 11) is 4.70. The average Bonchev–Trinajstić information content (AvgIpc) is 2.53. The van der Waals surface area contributed by atoms with Crippen molar-refractivity contribution in [3.63, 3.8) is 0 Å². The number of benzene rings is 1. The molecule has 0 bridgehead atoms. The van der Waals surface area contributed by atoms with E-state index in [0.29, 0.717) is 17.4 Å². The highest BCUT2D eigenvalue weighted by Gasteiger charge is 2.20. The molecule has 0 fully saturated rings. The zero-order chi connectivity index (χ0) is 15.8. The molecule has 21 heavy (non-hydrogen) atoms. The molecule has 5 nitrogen and oxygen atoms in total. The molecular weight excluding hydrogens is 268 g/mol. The van der Waals surface area contributed by atoms with E-state index in [0.717, 1.165) is 24.4 Å². The number of hydrogen-bond acceptors (Lipinski definition) is 4. The summed E-state index contributed by atoms with van der Waals surface area (Å²) in [6, 6.07) is 7.50. The van der Waals surface area contributed by atoms with Crippen molar-refractivity contribution in [1.29, 1.82) is 5.41 Å². The second-order valence-corrected chi connectivity index (χ2v) is 4.32. The van der Waals surface area contributed by atoms with Gasteiger partial charge in [-0.05, 0) is 31.5 Å². The Morgan fingerprint density at radius 3 is 1.90 bits per heavy atom. The molecule has 5 heteroatoms. The summed E-state index contributed by atoms with van der Waals surface area (Å²) in [4.78, 5) is 1.94. The second kappa shape index (κ2) is 8.19. The molecule has 0 amide bonds. The van der Waals surface area contributed by atoms with Gasteiger partial charge in [-0.3, -0.25) is 5.41 Å². The first-order valence-electron chi connectivity index (χ1n) is 6.93. The van der Waals surface area contributed by atoms with Gasteiger partial charge >= 0.3 is 0 Å². The van der Waals surface area contributed by atoms with E-state index in [1.54, 1.807) is 7.11 Å². The van der Waals surface area contributed by atoms with Crippen LogP contribution in [0.5, 0.6) is 5.75 Å². The molecule has 0 atom stereocenters. The summed E-state index contributed by atoms with van der Waals surface area (Å²) in [6.07, 6.45) is 0. The molecule has 0 aromatic heterocycles. The number of likely N-dealkylation sites (N-methyl/N-ethyl adjacent to an activating group) is 1. The van der Waals surface area contributed by atoms with Gasteiger partial charge in [0.1, 0.15) is 17.2 Å². The van der Waals surface area contributed by atoms with Crippen LogP contribution in [0.25, 0.3) is 5.57 Å². The highest BCUT2D eigenvalue weighted by molar-refractivity contribution is 6.21. The first-order chi connectivity index (χ1) is 10.1. The van der Waals surface area contributed by atoms with Crippen molar-refractivity contribution in [1.82, 2.24) is 4.90 Å². The van der Waals surface area contributed by atoms with Gasteiger partial charge in [-0.15, -0.1) is 0 Å². The molecule has 1 aromatic carbocycles. The number of ether oxygens (including phenoxy) is 3. The average molecular weight is 292 g/mol. The van der Waals surface area contributed by atoms with Crippen molar-refractivity contribution in [2.45, 2.75) is 13.8 Å². The van der Waals surface area contributed by atoms with Crippen LogP contribution in [0.2, 0.25) is 0 Å². The second-order valence-electron chi connectivity index (χ2n) is 4.32. The number of nitrogens with one attached hydrogen (secondary N) is 1. The molecule has 0 saturated heterocycles. The molecule has 116 valence electrons. The number of rotatable bonds is 7. The van der Waals surface area contributed by atoms with Crippen LogP contribution in [0.1, 0.15) is 19.4 Å². The van der Waals surface area contributed by atoms with E-state index in [9.17, 15) is 0 Å². The molecule has 1 aromatic rings. The fraction of sp³-hybridized carbons (Fsp3) is 0.438. The Labute approximate surface area is 126 Å². The Bertz CT molecular complexity index is 485. The third kappa shape index (κ3) is 3.90. The van der Waals surface area contributed by atoms with Gasteiger partial charge in [-0.1, -0.05) is 12.1 Å². The van der Waals surface area contributed by atoms with E-state index < -0.39 is 0 Å². The van der Waals surface area contributed by atoms with Gasteiger partial charge in [0.05, 0.1) is 21.3 Å². The quantitative estimate of drug-likeness (QED) is 0.477. The summed E-state index contributed by atoms with van der Waals surface area (Å²) >= 11 is 0. The Morgan fingerprint density at radius 1 is 1.00 bits per heavy atom. The van der Waals surface area contributed by atoms with Gasteiger partial charge in [-0.25, -0.2) is 0 Å². The van der Waals surface area contributed by atoms with Crippen molar-refractivity contribution < 1.29 is 14.2 Å². The molecule has 0 aliphatic carbocycles. The lowest BCUT2D eigenvalue weighted by Crippen LogP contribution is -2.31. The topological polar surface area (TPSA) is 54.8 Å². The van der Waals surface area contributed by atoms with Crippen molar-refractivity contribution >= 4 is 11.4 Å². The van der Waals surface area contributed by atoms with E-state index in [2.05, 4.69) is 0 Å². The summed E-state index contributed by atoms with van der Waals surface area (Å²) in [5.41, 5.74) is 1.48. The minimum Gasteiger partial charge on any atom is -0.497 e. The summed E-state index contributed by atoms with van der Waals surface area (Å²) < 4.78 is 15.8. The van der Waals surface area contributed by atoms with Crippen molar-refractivity contribution in [3.05, 3.63) is 35.8 Å². The number of amidine groups is 1. The molecule has 0 radical (unpaired) electrons. The highest BCUT2D eigenvalue weighted by Crippen LogP contribution is 2.25. The Morgan fingerprint density at radius 2 is 1.52 bits per heavy atom. The maximum absolute atomic E-state index is 8.45. The predicted octanol–water partition coefficient (Wildman–Crippen LogP) is 2.98. The first-order valence-corrected chi connectivity index (χ1v) is 6.93.